The zero-order valence-electron chi connectivity index (χ0n) is 11.7. The number of aryl methyl sites for hydroxylation is 1. The average Bonchev–Trinajstić information content (AvgIpc) is 2.37. The molecule has 0 aromatic carbocycles. The number of aromatic nitrogens is 2. The van der Waals surface area contributed by atoms with Gasteiger partial charge in [-0.25, -0.2) is 0 Å². The lowest BCUT2D eigenvalue weighted by Gasteiger charge is -2.16. The summed E-state index contributed by atoms with van der Waals surface area (Å²) in [6, 6.07) is 0. The third-order valence-corrected chi connectivity index (χ3v) is 4.08. The Morgan fingerprint density at radius 1 is 1.37 bits per heavy atom. The van der Waals surface area contributed by atoms with Crippen molar-refractivity contribution in [3.63, 3.8) is 0 Å². The van der Waals surface area contributed by atoms with Gasteiger partial charge in [-0.1, -0.05) is 20.8 Å². The maximum Gasteiger partial charge on any atom is 0.130 e. The number of nitrogen functional groups attached to an aromatic ring is 1. The van der Waals surface area contributed by atoms with Gasteiger partial charge in [-0.2, -0.15) is 5.10 Å². The second kappa shape index (κ2) is 7.45. The van der Waals surface area contributed by atoms with Gasteiger partial charge in [-0.05, 0) is 24.8 Å². The first-order valence-electron chi connectivity index (χ1n) is 6.55. The van der Waals surface area contributed by atoms with Crippen LogP contribution in [0.1, 0.15) is 44.0 Å². The van der Waals surface area contributed by atoms with Crippen LogP contribution in [0.25, 0.3) is 0 Å². The van der Waals surface area contributed by atoms with Gasteiger partial charge in [0.2, 0.25) is 0 Å². The Morgan fingerprint density at radius 2 is 2.05 bits per heavy atom. The van der Waals surface area contributed by atoms with E-state index in [2.05, 4.69) is 10.2 Å². The van der Waals surface area contributed by atoms with E-state index in [1.165, 1.54) is 11.8 Å². The van der Waals surface area contributed by atoms with Crippen molar-refractivity contribution >= 4 is 17.6 Å². The van der Waals surface area contributed by atoms with Crippen molar-refractivity contribution in [1.82, 2.24) is 10.2 Å². The van der Waals surface area contributed by atoms with E-state index in [9.17, 15) is 0 Å². The van der Waals surface area contributed by atoms with Gasteiger partial charge in [0.05, 0.1) is 11.3 Å². The summed E-state index contributed by atoms with van der Waals surface area (Å²) < 4.78 is 0. The molecule has 0 amide bonds. The van der Waals surface area contributed by atoms with E-state index < -0.39 is 0 Å². The van der Waals surface area contributed by atoms with Gasteiger partial charge >= 0.3 is 0 Å². The second-order valence-corrected chi connectivity index (χ2v) is 5.79. The molecule has 0 bridgehead atoms. The van der Waals surface area contributed by atoms with Crippen LogP contribution in [0.5, 0.6) is 0 Å². The first kappa shape index (κ1) is 15.9. The molecule has 0 fully saturated rings. The zero-order chi connectivity index (χ0) is 14.4. The van der Waals surface area contributed by atoms with E-state index in [0.29, 0.717) is 17.0 Å². The van der Waals surface area contributed by atoms with Crippen LogP contribution in [-0.4, -0.2) is 33.0 Å². The summed E-state index contributed by atoms with van der Waals surface area (Å²) in [6.45, 7) is 6.22. The molecule has 106 valence electrons. The molecular weight excluding hydrogens is 260 g/mol. The number of nitrogens with zero attached hydrogens (tertiary/aromatic N) is 2. The molecule has 0 aliphatic carbocycles. The predicted octanol–water partition coefficient (Wildman–Crippen LogP) is 1.75. The minimum atomic E-state index is 0.0418. The first-order valence-corrected chi connectivity index (χ1v) is 7.43. The molecule has 0 radical (unpaired) electrons. The Bertz CT molecular complexity index is 451. The standard InChI is InChI=1S/C13H22N4OS/c1-4-9-10(5-2)16-17-13(11(9)12(14)15)19-8(3)6-7-18/h8,18H,4-7H2,1-3H3,(H3,14,15). The summed E-state index contributed by atoms with van der Waals surface area (Å²) in [5, 5.41) is 26.1. The highest BCUT2D eigenvalue weighted by atomic mass is 32.2. The Labute approximate surface area is 118 Å². The molecular formula is C13H22N4OS. The molecule has 4 N–H and O–H groups in total. The summed E-state index contributed by atoms with van der Waals surface area (Å²) in [5.41, 5.74) is 8.36. The monoisotopic (exact) mass is 282 g/mol. The van der Waals surface area contributed by atoms with Crippen LogP contribution in [0.2, 0.25) is 0 Å². The fourth-order valence-electron chi connectivity index (χ4n) is 1.95. The summed E-state index contributed by atoms with van der Waals surface area (Å²) in [4.78, 5) is 0. The van der Waals surface area contributed by atoms with Gasteiger partial charge in [0.25, 0.3) is 0 Å². The first-order chi connectivity index (χ1) is 9.04. The topological polar surface area (TPSA) is 95.9 Å². The molecule has 1 heterocycles. The number of nitrogens with two attached hydrogens (primary N) is 1. The minimum absolute atomic E-state index is 0.0418. The Balaban J connectivity index is 3.20. The Hall–Kier alpha value is -1.14. The van der Waals surface area contributed by atoms with Crippen molar-refractivity contribution in [2.75, 3.05) is 6.61 Å². The molecule has 1 rings (SSSR count). The van der Waals surface area contributed by atoms with E-state index in [4.69, 9.17) is 16.2 Å². The van der Waals surface area contributed by atoms with Crippen molar-refractivity contribution in [3.05, 3.63) is 16.8 Å². The number of hydrogen-bond donors (Lipinski definition) is 3. The van der Waals surface area contributed by atoms with E-state index in [0.717, 1.165) is 24.1 Å². The van der Waals surface area contributed by atoms with Crippen LogP contribution in [0.15, 0.2) is 5.03 Å². The largest absolute Gasteiger partial charge is 0.396 e. The normalized spacial score (nSPS) is 12.4. The summed E-state index contributed by atoms with van der Waals surface area (Å²) >= 11 is 1.52. The zero-order valence-corrected chi connectivity index (χ0v) is 12.5. The molecule has 19 heavy (non-hydrogen) atoms. The van der Waals surface area contributed by atoms with Gasteiger partial charge in [0.15, 0.2) is 0 Å². The Morgan fingerprint density at radius 3 is 2.53 bits per heavy atom. The number of rotatable bonds is 7. The Kier molecular flexibility index (Phi) is 6.24. The molecule has 0 saturated carbocycles. The molecule has 0 aliphatic heterocycles. The maximum atomic E-state index is 8.96. The smallest absolute Gasteiger partial charge is 0.130 e. The van der Waals surface area contributed by atoms with Crippen LogP contribution < -0.4 is 5.73 Å². The van der Waals surface area contributed by atoms with Gasteiger partial charge in [-0.3, -0.25) is 5.41 Å². The van der Waals surface area contributed by atoms with Crippen molar-refractivity contribution < 1.29 is 5.11 Å². The lowest BCUT2D eigenvalue weighted by Crippen LogP contribution is -2.19. The van der Waals surface area contributed by atoms with Gasteiger partial charge in [-0.15, -0.1) is 16.9 Å². The highest BCUT2D eigenvalue weighted by Gasteiger charge is 2.18. The van der Waals surface area contributed by atoms with Crippen LogP contribution in [0, 0.1) is 5.41 Å². The third kappa shape index (κ3) is 3.91. The molecule has 0 spiro atoms. The maximum absolute atomic E-state index is 8.96. The summed E-state index contributed by atoms with van der Waals surface area (Å²) in [7, 11) is 0. The lowest BCUT2D eigenvalue weighted by molar-refractivity contribution is 0.289. The fourth-order valence-corrected chi connectivity index (χ4v) is 2.99. The number of thioether (sulfide) groups is 1. The highest BCUT2D eigenvalue weighted by Crippen LogP contribution is 2.29. The number of nitrogens with one attached hydrogen (secondary N) is 1. The van der Waals surface area contributed by atoms with E-state index in [-0.39, 0.29) is 17.7 Å². The lowest BCUT2D eigenvalue weighted by atomic mass is 10.0. The van der Waals surface area contributed by atoms with E-state index >= 15 is 0 Å². The van der Waals surface area contributed by atoms with Crippen molar-refractivity contribution in [2.24, 2.45) is 5.73 Å². The van der Waals surface area contributed by atoms with Crippen LogP contribution in [0.4, 0.5) is 0 Å². The highest BCUT2D eigenvalue weighted by molar-refractivity contribution is 7.99. The molecule has 1 aromatic heterocycles. The average molecular weight is 282 g/mol. The van der Waals surface area contributed by atoms with E-state index in [1.807, 2.05) is 20.8 Å². The predicted molar refractivity (Wildman–Crippen MR) is 78.8 cm³/mol. The van der Waals surface area contributed by atoms with Gasteiger partial charge in [0, 0.05) is 11.9 Å². The quantitative estimate of drug-likeness (QED) is 0.402. The van der Waals surface area contributed by atoms with Crippen molar-refractivity contribution in [3.8, 4) is 0 Å². The van der Waals surface area contributed by atoms with Crippen molar-refractivity contribution in [1.29, 1.82) is 5.41 Å². The number of hydrogen-bond acceptors (Lipinski definition) is 5. The summed E-state index contributed by atoms with van der Waals surface area (Å²) in [6.07, 6.45) is 2.25. The number of aliphatic hydroxyl groups excluding tert-OH is 1. The molecule has 1 atom stereocenters. The van der Waals surface area contributed by atoms with E-state index in [1.54, 1.807) is 0 Å². The third-order valence-electron chi connectivity index (χ3n) is 2.93. The van der Waals surface area contributed by atoms with Crippen LogP contribution in [0.3, 0.4) is 0 Å². The van der Waals surface area contributed by atoms with Gasteiger partial charge in [0.1, 0.15) is 10.9 Å². The SMILES string of the molecule is CCc1nnc(SC(C)CCO)c(C(=N)N)c1CC. The van der Waals surface area contributed by atoms with Gasteiger partial charge < -0.3 is 10.8 Å². The molecule has 6 heteroatoms. The van der Waals surface area contributed by atoms with Crippen LogP contribution >= 0.6 is 11.8 Å². The van der Waals surface area contributed by atoms with Crippen LogP contribution in [-0.2, 0) is 12.8 Å². The molecule has 0 saturated heterocycles. The van der Waals surface area contributed by atoms with Crippen molar-refractivity contribution in [2.45, 2.75) is 50.3 Å². The fraction of sp³-hybridized carbons (Fsp3) is 0.615. The molecule has 1 aromatic rings. The minimum Gasteiger partial charge on any atom is -0.396 e. The molecule has 5 nitrogen and oxygen atoms in total. The molecule has 1 unspecified atom stereocenters. The number of aliphatic hydroxyl groups is 1. The summed E-state index contributed by atoms with van der Waals surface area (Å²) in [5.74, 6) is 0.0418. The molecule has 0 aliphatic rings. The second-order valence-electron chi connectivity index (χ2n) is 4.37. The number of amidine groups is 1.